The standard InChI is InChI=1S/C29H47NO2/c1-18(2)9-8-10-19(3)21-12-13-22-20-11-14-25-27(4,5)26(31)24(30-32)17-29(25,7)23(20)15-16-28(21,22)6/h14,18-23,32H,8-13,15-17H2,1-7H3/t19-,20+,21-,22+,23+,28-,29-/m1/s1. The average Bonchev–Trinajstić information content (AvgIpc) is 3.08. The predicted octanol–water partition coefficient (Wildman–Crippen LogP) is 7.67. The van der Waals surface area contributed by atoms with Gasteiger partial charge in [-0.3, -0.25) is 4.79 Å². The summed E-state index contributed by atoms with van der Waals surface area (Å²) in [6.45, 7) is 16.3. The number of oxime groups is 1. The Morgan fingerprint density at radius 2 is 1.78 bits per heavy atom. The molecule has 0 amide bonds. The zero-order valence-electron chi connectivity index (χ0n) is 21.7. The first kappa shape index (κ1) is 24.0. The van der Waals surface area contributed by atoms with Crippen molar-refractivity contribution in [2.75, 3.05) is 0 Å². The van der Waals surface area contributed by atoms with Crippen LogP contribution < -0.4 is 0 Å². The third kappa shape index (κ3) is 3.52. The number of nitrogens with zero attached hydrogens (tertiary/aromatic N) is 1. The highest BCUT2D eigenvalue weighted by atomic mass is 16.4. The van der Waals surface area contributed by atoms with Gasteiger partial charge >= 0.3 is 0 Å². The molecule has 0 saturated heterocycles. The van der Waals surface area contributed by atoms with Gasteiger partial charge in [-0.2, -0.15) is 0 Å². The quantitative estimate of drug-likeness (QED) is 0.270. The first-order valence-corrected chi connectivity index (χ1v) is 13.4. The molecule has 32 heavy (non-hydrogen) atoms. The third-order valence-electron chi connectivity index (χ3n) is 10.8. The molecule has 0 unspecified atom stereocenters. The molecule has 0 spiro atoms. The van der Waals surface area contributed by atoms with Crippen LogP contribution in [-0.4, -0.2) is 16.7 Å². The van der Waals surface area contributed by atoms with Crippen molar-refractivity contribution in [3.05, 3.63) is 11.6 Å². The lowest BCUT2D eigenvalue weighted by Gasteiger charge is -2.60. The fourth-order valence-corrected chi connectivity index (χ4v) is 9.31. The Labute approximate surface area is 196 Å². The van der Waals surface area contributed by atoms with E-state index in [1.807, 2.05) is 13.8 Å². The molecule has 7 atom stereocenters. The Morgan fingerprint density at radius 1 is 1.06 bits per heavy atom. The number of hydrogen-bond donors (Lipinski definition) is 1. The van der Waals surface area contributed by atoms with Crippen molar-refractivity contribution in [3.8, 4) is 0 Å². The van der Waals surface area contributed by atoms with Gasteiger partial charge in [0.25, 0.3) is 0 Å². The molecule has 0 aromatic carbocycles. The van der Waals surface area contributed by atoms with E-state index < -0.39 is 5.41 Å². The number of fused-ring (bicyclic) bond motifs is 5. The van der Waals surface area contributed by atoms with Crippen LogP contribution in [0.1, 0.15) is 106 Å². The molecule has 3 heteroatoms. The minimum Gasteiger partial charge on any atom is -0.411 e. The van der Waals surface area contributed by atoms with Crippen LogP contribution in [0.25, 0.3) is 0 Å². The summed E-state index contributed by atoms with van der Waals surface area (Å²) in [5.41, 5.74) is 1.58. The Bertz CT molecular complexity index is 808. The highest BCUT2D eigenvalue weighted by molar-refractivity contribution is 6.43. The van der Waals surface area contributed by atoms with Crippen LogP contribution in [-0.2, 0) is 4.79 Å². The molecule has 0 aromatic heterocycles. The van der Waals surface area contributed by atoms with E-state index in [2.05, 4.69) is 45.9 Å². The molecule has 0 aliphatic heterocycles. The van der Waals surface area contributed by atoms with Gasteiger partial charge in [-0.1, -0.05) is 70.7 Å². The fraction of sp³-hybridized carbons (Fsp3) is 0.862. The van der Waals surface area contributed by atoms with Crippen LogP contribution in [0.4, 0.5) is 0 Å². The predicted molar refractivity (Wildman–Crippen MR) is 132 cm³/mol. The molecule has 0 bridgehead atoms. The van der Waals surface area contributed by atoms with Gasteiger partial charge in [0.1, 0.15) is 5.71 Å². The van der Waals surface area contributed by atoms with Gasteiger partial charge in [0.05, 0.1) is 5.41 Å². The minimum absolute atomic E-state index is 0.0129. The maximum atomic E-state index is 13.0. The number of Topliss-reactive ketones (excluding diaryl/α,β-unsaturated/α-hetero) is 1. The van der Waals surface area contributed by atoms with Crippen molar-refractivity contribution >= 4 is 11.5 Å². The number of ketones is 1. The Kier molecular flexibility index (Phi) is 6.21. The van der Waals surface area contributed by atoms with Crippen LogP contribution in [0, 0.1) is 51.8 Å². The van der Waals surface area contributed by atoms with Crippen LogP contribution in [0.5, 0.6) is 0 Å². The van der Waals surface area contributed by atoms with Gasteiger partial charge in [-0.25, -0.2) is 0 Å². The van der Waals surface area contributed by atoms with E-state index in [0.717, 1.165) is 30.1 Å². The summed E-state index contributed by atoms with van der Waals surface area (Å²) >= 11 is 0. The smallest absolute Gasteiger partial charge is 0.190 e. The van der Waals surface area contributed by atoms with E-state index in [4.69, 9.17) is 0 Å². The van der Waals surface area contributed by atoms with Crippen LogP contribution in [0.15, 0.2) is 16.8 Å². The molecule has 3 saturated carbocycles. The molecule has 4 rings (SSSR count). The maximum Gasteiger partial charge on any atom is 0.190 e. The van der Waals surface area contributed by atoms with E-state index in [1.165, 1.54) is 50.5 Å². The molecular formula is C29H47NO2. The Morgan fingerprint density at radius 3 is 2.44 bits per heavy atom. The van der Waals surface area contributed by atoms with Gasteiger partial charge < -0.3 is 5.21 Å². The summed E-state index contributed by atoms with van der Waals surface area (Å²) in [5, 5.41) is 13.1. The zero-order valence-corrected chi connectivity index (χ0v) is 21.7. The summed E-state index contributed by atoms with van der Waals surface area (Å²) in [6.07, 6.45) is 13.6. The summed E-state index contributed by atoms with van der Waals surface area (Å²) in [4.78, 5) is 13.0. The molecular weight excluding hydrogens is 394 g/mol. The van der Waals surface area contributed by atoms with Gasteiger partial charge in [0.15, 0.2) is 5.78 Å². The third-order valence-corrected chi connectivity index (χ3v) is 10.8. The molecule has 4 aliphatic carbocycles. The van der Waals surface area contributed by atoms with E-state index >= 15 is 0 Å². The van der Waals surface area contributed by atoms with Crippen molar-refractivity contribution in [3.63, 3.8) is 0 Å². The summed E-state index contributed by atoms with van der Waals surface area (Å²) in [5.74, 6) is 4.61. The highest BCUT2D eigenvalue weighted by Gasteiger charge is 2.62. The molecule has 0 aromatic rings. The lowest BCUT2D eigenvalue weighted by molar-refractivity contribution is -0.122. The first-order valence-electron chi connectivity index (χ1n) is 13.4. The van der Waals surface area contributed by atoms with Gasteiger partial charge in [0.2, 0.25) is 0 Å². The van der Waals surface area contributed by atoms with Gasteiger partial charge in [-0.05, 0) is 92.3 Å². The lowest BCUT2D eigenvalue weighted by Crippen LogP contribution is -2.56. The largest absolute Gasteiger partial charge is 0.411 e. The summed E-state index contributed by atoms with van der Waals surface area (Å²) < 4.78 is 0. The first-order chi connectivity index (χ1) is 15.0. The van der Waals surface area contributed by atoms with Crippen molar-refractivity contribution < 1.29 is 10.0 Å². The molecule has 3 nitrogen and oxygen atoms in total. The molecule has 0 radical (unpaired) electrons. The van der Waals surface area contributed by atoms with Gasteiger partial charge in [0, 0.05) is 6.42 Å². The monoisotopic (exact) mass is 441 g/mol. The van der Waals surface area contributed by atoms with Crippen molar-refractivity contribution in [2.45, 2.75) is 106 Å². The van der Waals surface area contributed by atoms with E-state index in [-0.39, 0.29) is 11.2 Å². The van der Waals surface area contributed by atoms with Crippen molar-refractivity contribution in [2.24, 2.45) is 56.9 Å². The second kappa shape index (κ2) is 8.27. The van der Waals surface area contributed by atoms with E-state index in [0.29, 0.717) is 29.4 Å². The SMILES string of the molecule is CC(C)CCC[C@@H](C)[C@H]1CC[C@H]2[C@@H]3CC=C4C(C)(C)C(=O)C(=NO)C[C@]4(C)[C@H]3CC[C@]12C. The maximum absolute atomic E-state index is 13.0. The fourth-order valence-electron chi connectivity index (χ4n) is 9.31. The second-order valence-electron chi connectivity index (χ2n) is 13.4. The van der Waals surface area contributed by atoms with Crippen LogP contribution >= 0.6 is 0 Å². The number of hydrogen-bond acceptors (Lipinski definition) is 3. The highest BCUT2D eigenvalue weighted by Crippen LogP contribution is 2.68. The minimum atomic E-state index is -0.552. The van der Waals surface area contributed by atoms with Gasteiger partial charge in [-0.15, -0.1) is 0 Å². The number of allylic oxidation sites excluding steroid dienone is 2. The second-order valence-corrected chi connectivity index (χ2v) is 13.4. The van der Waals surface area contributed by atoms with Crippen LogP contribution in [0.2, 0.25) is 0 Å². The molecule has 4 aliphatic rings. The normalized spacial score (nSPS) is 42.9. The van der Waals surface area contributed by atoms with E-state index in [1.54, 1.807) is 0 Å². The number of rotatable bonds is 5. The topological polar surface area (TPSA) is 49.7 Å². The Hall–Kier alpha value is -1.12. The van der Waals surface area contributed by atoms with E-state index in [9.17, 15) is 10.0 Å². The molecule has 180 valence electrons. The van der Waals surface area contributed by atoms with Crippen LogP contribution in [0.3, 0.4) is 0 Å². The molecule has 1 N–H and O–H groups in total. The lowest BCUT2D eigenvalue weighted by atomic mass is 9.44. The number of carbonyl (C=O) groups excluding carboxylic acids is 1. The molecule has 0 heterocycles. The number of carbonyl (C=O) groups is 1. The molecule has 3 fully saturated rings. The van der Waals surface area contributed by atoms with Crippen molar-refractivity contribution in [1.82, 2.24) is 0 Å². The Balaban J connectivity index is 1.59. The summed E-state index contributed by atoms with van der Waals surface area (Å²) in [7, 11) is 0. The average molecular weight is 442 g/mol. The summed E-state index contributed by atoms with van der Waals surface area (Å²) in [6, 6.07) is 0. The van der Waals surface area contributed by atoms with Crippen molar-refractivity contribution in [1.29, 1.82) is 0 Å². The zero-order chi connectivity index (χ0) is 23.5.